The number of amides is 1. The van der Waals surface area contributed by atoms with Crippen LogP contribution in [0.1, 0.15) is 61.0 Å². The summed E-state index contributed by atoms with van der Waals surface area (Å²) in [7, 11) is 0. The summed E-state index contributed by atoms with van der Waals surface area (Å²) >= 11 is 0. The van der Waals surface area contributed by atoms with Crippen LogP contribution in [0, 0.1) is 0 Å². The van der Waals surface area contributed by atoms with Crippen LogP contribution in [0.3, 0.4) is 0 Å². The molecule has 3 aromatic rings. The second kappa shape index (κ2) is 6.48. The van der Waals surface area contributed by atoms with Crippen LogP contribution in [0.15, 0.2) is 40.9 Å². The van der Waals surface area contributed by atoms with Gasteiger partial charge < -0.3 is 9.42 Å². The Morgan fingerprint density at radius 1 is 1.15 bits per heavy atom. The van der Waals surface area contributed by atoms with Crippen molar-refractivity contribution in [3.05, 3.63) is 47.7 Å². The first kappa shape index (κ1) is 16.5. The van der Waals surface area contributed by atoms with E-state index in [1.165, 1.54) is 6.42 Å². The van der Waals surface area contributed by atoms with Gasteiger partial charge in [0.05, 0.1) is 10.9 Å². The van der Waals surface area contributed by atoms with Gasteiger partial charge in [-0.05, 0) is 45.1 Å². The SMILES string of the molecule is CC1CCCCN1C(=O)c1cc(C2CC2)nc2onc(-c3ccccc3)c12. The molecule has 1 aliphatic carbocycles. The minimum absolute atomic E-state index is 0.0804. The second-order valence-electron chi connectivity index (χ2n) is 7.79. The molecule has 1 unspecified atom stereocenters. The average Bonchev–Trinajstić information content (AvgIpc) is 3.47. The summed E-state index contributed by atoms with van der Waals surface area (Å²) in [5, 5.41) is 5.03. The zero-order valence-corrected chi connectivity index (χ0v) is 15.5. The van der Waals surface area contributed by atoms with Crippen LogP contribution in [0.5, 0.6) is 0 Å². The zero-order valence-electron chi connectivity index (χ0n) is 15.5. The van der Waals surface area contributed by atoms with Crippen LogP contribution in [0.2, 0.25) is 0 Å². The van der Waals surface area contributed by atoms with Gasteiger partial charge in [0.25, 0.3) is 11.6 Å². The van der Waals surface area contributed by atoms with Crippen molar-refractivity contribution >= 4 is 17.0 Å². The minimum atomic E-state index is 0.0804. The lowest BCUT2D eigenvalue weighted by Crippen LogP contribution is -2.42. The highest BCUT2D eigenvalue weighted by Gasteiger charge is 2.32. The third-order valence-corrected chi connectivity index (χ3v) is 5.80. The summed E-state index contributed by atoms with van der Waals surface area (Å²) in [5.74, 6) is 0.530. The number of pyridine rings is 1. The molecule has 0 radical (unpaired) electrons. The van der Waals surface area contributed by atoms with Crippen molar-refractivity contribution in [2.75, 3.05) is 6.54 Å². The van der Waals surface area contributed by atoms with E-state index in [-0.39, 0.29) is 11.9 Å². The number of likely N-dealkylation sites (tertiary alicyclic amines) is 1. The molecule has 5 heteroatoms. The van der Waals surface area contributed by atoms with E-state index in [0.29, 0.717) is 22.9 Å². The van der Waals surface area contributed by atoms with E-state index in [4.69, 9.17) is 9.51 Å². The van der Waals surface area contributed by atoms with Gasteiger partial charge in [-0.15, -0.1) is 0 Å². The molecule has 1 amide bonds. The van der Waals surface area contributed by atoms with Crippen molar-refractivity contribution in [1.29, 1.82) is 0 Å². The fraction of sp³-hybridized carbons (Fsp3) is 0.409. The molecule has 0 bridgehead atoms. The molecule has 2 aliphatic rings. The summed E-state index contributed by atoms with van der Waals surface area (Å²) in [6, 6.07) is 12.1. The van der Waals surface area contributed by atoms with Gasteiger partial charge in [0, 0.05) is 29.8 Å². The quantitative estimate of drug-likeness (QED) is 0.673. The monoisotopic (exact) mass is 361 g/mol. The highest BCUT2D eigenvalue weighted by atomic mass is 16.5. The molecule has 3 heterocycles. The molecule has 0 spiro atoms. The second-order valence-corrected chi connectivity index (χ2v) is 7.79. The number of benzene rings is 1. The lowest BCUT2D eigenvalue weighted by Gasteiger charge is -2.33. The molecule has 2 fully saturated rings. The van der Waals surface area contributed by atoms with Crippen LogP contribution in [0.25, 0.3) is 22.4 Å². The maximum atomic E-state index is 13.5. The third-order valence-electron chi connectivity index (χ3n) is 5.80. The van der Waals surface area contributed by atoms with Gasteiger partial charge >= 0.3 is 0 Å². The Morgan fingerprint density at radius 3 is 2.70 bits per heavy atom. The highest BCUT2D eigenvalue weighted by molar-refractivity contribution is 6.09. The fourth-order valence-corrected chi connectivity index (χ4v) is 4.07. The van der Waals surface area contributed by atoms with Gasteiger partial charge in [0.1, 0.15) is 5.69 Å². The van der Waals surface area contributed by atoms with Crippen molar-refractivity contribution in [2.45, 2.75) is 51.0 Å². The van der Waals surface area contributed by atoms with Gasteiger partial charge in [0.2, 0.25) is 0 Å². The minimum Gasteiger partial charge on any atom is -0.336 e. The number of aromatic nitrogens is 2. The Balaban J connectivity index is 1.68. The molecule has 27 heavy (non-hydrogen) atoms. The smallest absolute Gasteiger partial charge is 0.259 e. The van der Waals surface area contributed by atoms with Crippen molar-refractivity contribution in [3.63, 3.8) is 0 Å². The average molecular weight is 361 g/mol. The van der Waals surface area contributed by atoms with E-state index in [2.05, 4.69) is 12.1 Å². The predicted octanol–water partition coefficient (Wildman–Crippen LogP) is 4.78. The number of piperidine rings is 1. The maximum absolute atomic E-state index is 13.5. The third kappa shape index (κ3) is 2.91. The molecule has 1 saturated heterocycles. The summed E-state index contributed by atoms with van der Waals surface area (Å²) in [6.07, 6.45) is 5.57. The largest absolute Gasteiger partial charge is 0.336 e. The lowest BCUT2D eigenvalue weighted by molar-refractivity contribution is 0.0637. The van der Waals surface area contributed by atoms with Crippen molar-refractivity contribution in [3.8, 4) is 11.3 Å². The summed E-state index contributed by atoms with van der Waals surface area (Å²) in [5.41, 5.74) is 3.78. The van der Waals surface area contributed by atoms with E-state index in [1.54, 1.807) is 0 Å². The molecule has 1 aliphatic heterocycles. The van der Waals surface area contributed by atoms with Crippen LogP contribution in [-0.4, -0.2) is 33.5 Å². The molecular formula is C22H23N3O2. The Kier molecular flexibility index (Phi) is 3.96. The molecule has 0 N–H and O–H groups in total. The first-order chi connectivity index (χ1) is 13.2. The standard InChI is InChI=1S/C22H23N3O2/c1-14-7-5-6-12-25(14)22(26)17-13-18(15-10-11-15)23-21-19(17)20(24-27-21)16-8-3-2-4-9-16/h2-4,8-9,13-15H,5-7,10-12H2,1H3. The zero-order chi connectivity index (χ0) is 18.4. The number of fused-ring (bicyclic) bond motifs is 1. The van der Waals surface area contributed by atoms with Crippen LogP contribution >= 0.6 is 0 Å². The number of hydrogen-bond donors (Lipinski definition) is 0. The van der Waals surface area contributed by atoms with Gasteiger partial charge in [-0.1, -0.05) is 35.5 Å². The molecule has 2 aromatic heterocycles. The van der Waals surface area contributed by atoms with Crippen LogP contribution in [0.4, 0.5) is 0 Å². The van der Waals surface area contributed by atoms with E-state index in [9.17, 15) is 4.79 Å². The molecular weight excluding hydrogens is 338 g/mol. The molecule has 1 atom stereocenters. The summed E-state index contributed by atoms with van der Waals surface area (Å²) < 4.78 is 5.60. The fourth-order valence-electron chi connectivity index (χ4n) is 4.07. The Labute approximate surface area is 158 Å². The van der Waals surface area contributed by atoms with Gasteiger partial charge in [0.15, 0.2) is 0 Å². The molecule has 5 nitrogen and oxygen atoms in total. The number of carbonyl (C=O) groups excluding carboxylic acids is 1. The Hall–Kier alpha value is -2.69. The van der Waals surface area contributed by atoms with Crippen LogP contribution < -0.4 is 0 Å². The van der Waals surface area contributed by atoms with Gasteiger partial charge in [-0.2, -0.15) is 0 Å². The normalized spacial score (nSPS) is 20.2. The van der Waals surface area contributed by atoms with E-state index >= 15 is 0 Å². The van der Waals surface area contributed by atoms with E-state index in [0.717, 1.165) is 48.9 Å². The van der Waals surface area contributed by atoms with Crippen molar-refractivity contribution < 1.29 is 9.32 Å². The van der Waals surface area contributed by atoms with Crippen LogP contribution in [-0.2, 0) is 0 Å². The number of nitrogens with zero attached hydrogens (tertiary/aromatic N) is 3. The van der Waals surface area contributed by atoms with Gasteiger partial charge in [-0.25, -0.2) is 4.98 Å². The molecule has 1 aromatic carbocycles. The number of rotatable bonds is 3. The summed E-state index contributed by atoms with van der Waals surface area (Å²) in [6.45, 7) is 2.96. The summed E-state index contributed by atoms with van der Waals surface area (Å²) in [4.78, 5) is 20.2. The molecule has 5 rings (SSSR count). The predicted molar refractivity (Wildman–Crippen MR) is 104 cm³/mol. The first-order valence-corrected chi connectivity index (χ1v) is 9.89. The molecule has 1 saturated carbocycles. The lowest BCUT2D eigenvalue weighted by atomic mass is 9.99. The topological polar surface area (TPSA) is 59.2 Å². The number of carbonyl (C=O) groups is 1. The highest BCUT2D eigenvalue weighted by Crippen LogP contribution is 2.41. The maximum Gasteiger partial charge on any atom is 0.259 e. The molecule has 138 valence electrons. The van der Waals surface area contributed by atoms with Crippen molar-refractivity contribution in [1.82, 2.24) is 15.0 Å². The number of hydrogen-bond acceptors (Lipinski definition) is 4. The Morgan fingerprint density at radius 2 is 1.96 bits per heavy atom. The van der Waals surface area contributed by atoms with Crippen molar-refractivity contribution in [2.24, 2.45) is 0 Å². The van der Waals surface area contributed by atoms with Gasteiger partial charge in [-0.3, -0.25) is 4.79 Å². The Bertz CT molecular complexity index is 991. The van der Waals surface area contributed by atoms with E-state index in [1.807, 2.05) is 41.3 Å². The van der Waals surface area contributed by atoms with E-state index < -0.39 is 0 Å². The first-order valence-electron chi connectivity index (χ1n) is 9.89.